The summed E-state index contributed by atoms with van der Waals surface area (Å²) in [5.74, 6) is 1.78. The summed E-state index contributed by atoms with van der Waals surface area (Å²) in [5.41, 5.74) is 1.38. The zero-order valence-corrected chi connectivity index (χ0v) is 10.6. The molecule has 0 amide bonds. The Morgan fingerprint density at radius 3 is 2.81 bits per heavy atom. The first-order valence-corrected chi connectivity index (χ1v) is 5.98. The van der Waals surface area contributed by atoms with E-state index in [-0.39, 0.29) is 6.10 Å². The summed E-state index contributed by atoms with van der Waals surface area (Å²) in [5, 5.41) is 8.54. The molecule has 0 saturated heterocycles. The van der Waals surface area contributed by atoms with Crippen molar-refractivity contribution in [1.29, 1.82) is 0 Å². The normalized spacial score (nSPS) is 31.8. The van der Waals surface area contributed by atoms with Crippen molar-refractivity contribution >= 4 is 6.16 Å². The van der Waals surface area contributed by atoms with Gasteiger partial charge in [-0.2, -0.15) is 0 Å². The Labute approximate surface area is 97.5 Å². The molecule has 0 saturated carbocycles. The van der Waals surface area contributed by atoms with Crippen LogP contribution in [0.1, 0.15) is 40.5 Å². The van der Waals surface area contributed by atoms with E-state index in [0.717, 1.165) is 12.8 Å². The second-order valence-electron chi connectivity index (χ2n) is 5.11. The van der Waals surface area contributed by atoms with Crippen molar-refractivity contribution in [3.63, 3.8) is 0 Å². The van der Waals surface area contributed by atoms with Crippen molar-refractivity contribution < 1.29 is 14.6 Å². The van der Waals surface area contributed by atoms with Crippen LogP contribution in [0.4, 0.5) is 4.79 Å². The fourth-order valence-electron chi connectivity index (χ4n) is 2.47. The van der Waals surface area contributed by atoms with Gasteiger partial charge in [0.25, 0.3) is 0 Å². The minimum Gasteiger partial charge on any atom is -0.450 e. The van der Waals surface area contributed by atoms with E-state index in [1.807, 2.05) is 6.92 Å². The van der Waals surface area contributed by atoms with Crippen LogP contribution in [0.25, 0.3) is 0 Å². The van der Waals surface area contributed by atoms with E-state index < -0.39 is 6.16 Å². The van der Waals surface area contributed by atoms with E-state index in [1.54, 1.807) is 0 Å². The van der Waals surface area contributed by atoms with Crippen molar-refractivity contribution in [2.75, 3.05) is 0 Å². The van der Waals surface area contributed by atoms with Crippen LogP contribution in [0.15, 0.2) is 11.6 Å². The van der Waals surface area contributed by atoms with Gasteiger partial charge < -0.3 is 9.84 Å². The lowest BCUT2D eigenvalue weighted by molar-refractivity contribution is 0.0487. The highest BCUT2D eigenvalue weighted by molar-refractivity contribution is 5.57. The Morgan fingerprint density at radius 1 is 1.62 bits per heavy atom. The van der Waals surface area contributed by atoms with Crippen LogP contribution in [-0.4, -0.2) is 17.4 Å². The van der Waals surface area contributed by atoms with Gasteiger partial charge in [-0.25, -0.2) is 4.79 Å². The van der Waals surface area contributed by atoms with E-state index in [9.17, 15) is 4.79 Å². The first-order chi connectivity index (χ1) is 7.40. The van der Waals surface area contributed by atoms with Crippen molar-refractivity contribution in [3.05, 3.63) is 11.6 Å². The average Bonchev–Trinajstić information content (AvgIpc) is 2.12. The summed E-state index contributed by atoms with van der Waals surface area (Å²) in [4.78, 5) is 10.4. The van der Waals surface area contributed by atoms with Gasteiger partial charge >= 0.3 is 6.16 Å². The molecule has 0 spiro atoms. The predicted molar refractivity (Wildman–Crippen MR) is 63.4 cm³/mol. The second-order valence-corrected chi connectivity index (χ2v) is 5.11. The standard InChI is InChI=1S/C13H22O3/c1-8-5-10(3)12(6-9(8)2)7-11(4)16-13(14)15/h5,8-9,11-12H,6-7H2,1-4H3,(H,14,15). The number of ether oxygens (including phenoxy) is 1. The molecule has 92 valence electrons. The third kappa shape index (κ3) is 3.54. The largest absolute Gasteiger partial charge is 0.506 e. The molecule has 3 heteroatoms. The van der Waals surface area contributed by atoms with Gasteiger partial charge in [0.05, 0.1) is 0 Å². The SMILES string of the molecule is CC1=CC(C)C(C)CC1CC(C)OC(=O)O. The van der Waals surface area contributed by atoms with Crippen molar-refractivity contribution in [1.82, 2.24) is 0 Å². The molecular weight excluding hydrogens is 204 g/mol. The van der Waals surface area contributed by atoms with Crippen LogP contribution < -0.4 is 0 Å². The van der Waals surface area contributed by atoms with Crippen LogP contribution in [0, 0.1) is 17.8 Å². The Morgan fingerprint density at radius 2 is 2.25 bits per heavy atom. The van der Waals surface area contributed by atoms with E-state index >= 15 is 0 Å². The summed E-state index contributed by atoms with van der Waals surface area (Å²) in [6.45, 7) is 8.45. The lowest BCUT2D eigenvalue weighted by atomic mass is 9.75. The van der Waals surface area contributed by atoms with Crippen LogP contribution in [0.2, 0.25) is 0 Å². The molecule has 0 bridgehead atoms. The van der Waals surface area contributed by atoms with Gasteiger partial charge in [-0.15, -0.1) is 0 Å². The Hall–Kier alpha value is -0.990. The van der Waals surface area contributed by atoms with E-state index in [0.29, 0.717) is 17.8 Å². The highest BCUT2D eigenvalue weighted by Gasteiger charge is 2.26. The average molecular weight is 226 g/mol. The molecule has 0 aromatic rings. The maximum Gasteiger partial charge on any atom is 0.506 e. The molecule has 0 radical (unpaired) electrons. The Balaban J connectivity index is 2.54. The molecule has 0 aromatic carbocycles. The van der Waals surface area contributed by atoms with E-state index in [2.05, 4.69) is 26.8 Å². The number of carboxylic acid groups (broad SMARTS) is 1. The van der Waals surface area contributed by atoms with Crippen LogP contribution in [0.3, 0.4) is 0 Å². The first kappa shape index (κ1) is 13.1. The summed E-state index contributed by atoms with van der Waals surface area (Å²) in [6.07, 6.45) is 2.85. The molecule has 1 aliphatic carbocycles. The van der Waals surface area contributed by atoms with Crippen molar-refractivity contribution in [2.45, 2.75) is 46.6 Å². The third-order valence-corrected chi connectivity index (χ3v) is 3.64. The number of hydrogen-bond acceptors (Lipinski definition) is 2. The highest BCUT2D eigenvalue weighted by Crippen LogP contribution is 2.35. The number of carbonyl (C=O) groups is 1. The van der Waals surface area contributed by atoms with Gasteiger partial charge in [-0.1, -0.05) is 25.5 Å². The van der Waals surface area contributed by atoms with Gasteiger partial charge in [-0.05, 0) is 44.4 Å². The topological polar surface area (TPSA) is 46.5 Å². The summed E-state index contributed by atoms with van der Waals surface area (Å²) >= 11 is 0. The first-order valence-electron chi connectivity index (χ1n) is 5.98. The van der Waals surface area contributed by atoms with Crippen molar-refractivity contribution in [3.8, 4) is 0 Å². The molecule has 4 atom stereocenters. The molecule has 16 heavy (non-hydrogen) atoms. The minimum absolute atomic E-state index is 0.216. The van der Waals surface area contributed by atoms with Gasteiger partial charge in [-0.3, -0.25) is 0 Å². The molecule has 0 heterocycles. The van der Waals surface area contributed by atoms with Gasteiger partial charge in [0, 0.05) is 0 Å². The van der Waals surface area contributed by atoms with Crippen LogP contribution >= 0.6 is 0 Å². The lowest BCUT2D eigenvalue weighted by Crippen LogP contribution is -2.24. The molecular formula is C13H22O3. The Kier molecular flexibility index (Phi) is 4.39. The minimum atomic E-state index is -1.17. The smallest absolute Gasteiger partial charge is 0.450 e. The summed E-state index contributed by atoms with van der Waals surface area (Å²) in [6, 6.07) is 0. The van der Waals surface area contributed by atoms with E-state index in [4.69, 9.17) is 9.84 Å². The quantitative estimate of drug-likeness (QED) is 0.589. The highest BCUT2D eigenvalue weighted by atomic mass is 16.7. The molecule has 0 aliphatic heterocycles. The number of hydrogen-bond donors (Lipinski definition) is 1. The van der Waals surface area contributed by atoms with E-state index in [1.165, 1.54) is 5.57 Å². The fourth-order valence-corrected chi connectivity index (χ4v) is 2.47. The molecule has 1 aliphatic rings. The Bertz CT molecular complexity index is 283. The molecule has 1 rings (SSSR count). The molecule has 3 nitrogen and oxygen atoms in total. The van der Waals surface area contributed by atoms with Gasteiger partial charge in [0.1, 0.15) is 6.10 Å². The predicted octanol–water partition coefficient (Wildman–Crippen LogP) is 3.70. The van der Waals surface area contributed by atoms with Crippen molar-refractivity contribution in [2.24, 2.45) is 17.8 Å². The lowest BCUT2D eigenvalue weighted by Gasteiger charge is -2.31. The number of allylic oxidation sites excluding steroid dienone is 2. The zero-order valence-electron chi connectivity index (χ0n) is 10.6. The molecule has 0 aromatic heterocycles. The molecule has 0 fully saturated rings. The summed E-state index contributed by atoms with van der Waals surface area (Å²) in [7, 11) is 0. The zero-order chi connectivity index (χ0) is 12.3. The third-order valence-electron chi connectivity index (χ3n) is 3.64. The molecule has 4 unspecified atom stereocenters. The van der Waals surface area contributed by atoms with Gasteiger partial charge in [0.2, 0.25) is 0 Å². The second kappa shape index (κ2) is 5.37. The monoisotopic (exact) mass is 226 g/mol. The molecule has 1 N–H and O–H groups in total. The fraction of sp³-hybridized carbons (Fsp3) is 0.769. The van der Waals surface area contributed by atoms with Gasteiger partial charge in [0.15, 0.2) is 0 Å². The maximum atomic E-state index is 10.4. The number of rotatable bonds is 3. The maximum absolute atomic E-state index is 10.4. The summed E-state index contributed by atoms with van der Waals surface area (Å²) < 4.78 is 4.75. The van der Waals surface area contributed by atoms with Crippen LogP contribution in [0.5, 0.6) is 0 Å². The van der Waals surface area contributed by atoms with Crippen LogP contribution in [-0.2, 0) is 4.74 Å².